The molecule has 0 aromatic heterocycles. The van der Waals surface area contributed by atoms with Gasteiger partial charge in [0.25, 0.3) is 0 Å². The Hall–Kier alpha value is -2.69. The highest BCUT2D eigenvalue weighted by atomic mass is 16.2. The van der Waals surface area contributed by atoms with Gasteiger partial charge in [-0.2, -0.15) is 0 Å². The number of nitrogens with zero attached hydrogens (tertiary/aromatic N) is 1. The van der Waals surface area contributed by atoms with Gasteiger partial charge in [0, 0.05) is 13.1 Å². The number of amides is 1. The van der Waals surface area contributed by atoms with Gasteiger partial charge in [0.1, 0.15) is 0 Å². The maximum Gasteiger partial charge on any atom is 0.240 e. The van der Waals surface area contributed by atoms with Crippen molar-refractivity contribution in [2.75, 3.05) is 13.1 Å². The fraction of sp³-hybridized carbons (Fsp3) is 0.320. The van der Waals surface area contributed by atoms with E-state index in [0.29, 0.717) is 26.1 Å². The molecule has 0 saturated carbocycles. The Labute approximate surface area is 173 Å². The van der Waals surface area contributed by atoms with Crippen LogP contribution in [0.3, 0.4) is 0 Å². The van der Waals surface area contributed by atoms with E-state index in [1.165, 1.54) is 10.8 Å². The summed E-state index contributed by atoms with van der Waals surface area (Å²) in [6.07, 6.45) is 3.49. The minimum absolute atomic E-state index is 0.00904. The highest BCUT2D eigenvalue weighted by molar-refractivity contribution is 5.84. The molecule has 0 spiro atoms. The Balaban J connectivity index is 1.68. The van der Waals surface area contributed by atoms with Crippen molar-refractivity contribution in [3.8, 4) is 0 Å². The third-order valence-corrected chi connectivity index (χ3v) is 5.25. The van der Waals surface area contributed by atoms with Gasteiger partial charge in [0.2, 0.25) is 5.91 Å². The van der Waals surface area contributed by atoms with Gasteiger partial charge >= 0.3 is 0 Å². The Morgan fingerprint density at radius 2 is 1.55 bits per heavy atom. The van der Waals surface area contributed by atoms with Crippen LogP contribution in [0.2, 0.25) is 0 Å². The van der Waals surface area contributed by atoms with E-state index in [1.54, 1.807) is 0 Å². The van der Waals surface area contributed by atoms with Crippen molar-refractivity contribution in [1.82, 2.24) is 4.90 Å². The highest BCUT2D eigenvalue weighted by Crippen LogP contribution is 2.17. The number of hydrogen-bond donors (Lipinski definition) is 2. The van der Waals surface area contributed by atoms with Gasteiger partial charge in [-0.25, -0.2) is 0 Å². The van der Waals surface area contributed by atoms with E-state index in [4.69, 9.17) is 11.5 Å². The van der Waals surface area contributed by atoms with E-state index in [0.717, 1.165) is 30.4 Å². The predicted octanol–water partition coefficient (Wildman–Crippen LogP) is 3.87. The molecule has 4 nitrogen and oxygen atoms in total. The molecule has 0 heterocycles. The first-order valence-corrected chi connectivity index (χ1v) is 10.4. The second kappa shape index (κ2) is 10.7. The fourth-order valence-corrected chi connectivity index (χ4v) is 3.64. The number of nitrogens with two attached hydrogens (primary N) is 2. The zero-order valence-corrected chi connectivity index (χ0v) is 17.0. The van der Waals surface area contributed by atoms with E-state index < -0.39 is 6.04 Å². The predicted molar refractivity (Wildman–Crippen MR) is 120 cm³/mol. The lowest BCUT2D eigenvalue weighted by molar-refractivity contribution is -0.133. The van der Waals surface area contributed by atoms with Crippen molar-refractivity contribution >= 4 is 16.7 Å². The molecule has 0 radical (unpaired) electrons. The number of fused-ring (bicyclic) bond motifs is 1. The maximum atomic E-state index is 13.2. The molecule has 0 saturated heterocycles. The molecular formula is C25H31N3O. The van der Waals surface area contributed by atoms with Gasteiger partial charge in [0.15, 0.2) is 0 Å². The van der Waals surface area contributed by atoms with Crippen molar-refractivity contribution in [2.24, 2.45) is 11.5 Å². The Morgan fingerprint density at radius 1 is 0.828 bits per heavy atom. The summed E-state index contributed by atoms with van der Waals surface area (Å²) in [6.45, 7) is 1.99. The zero-order valence-electron chi connectivity index (χ0n) is 17.0. The second-order valence-electron chi connectivity index (χ2n) is 7.59. The standard InChI is InChI=1S/C25H31N3O/c26-15-7-2-8-16-28(19-20-9-3-1-4-10-20)25(29)24(27)18-21-13-14-22-11-5-6-12-23(22)17-21/h1,3-6,9-14,17,24H,2,7-8,15-16,18-19,26-27H2/t24-/m1/s1. The summed E-state index contributed by atoms with van der Waals surface area (Å²) < 4.78 is 0. The SMILES string of the molecule is NCCCCCN(Cc1ccccc1)C(=O)[C@H](N)Cc1ccc2ccccc2c1. The number of carbonyl (C=O) groups is 1. The van der Waals surface area contributed by atoms with Crippen molar-refractivity contribution < 1.29 is 4.79 Å². The van der Waals surface area contributed by atoms with Gasteiger partial charge in [-0.05, 0) is 47.7 Å². The monoisotopic (exact) mass is 389 g/mol. The fourth-order valence-electron chi connectivity index (χ4n) is 3.64. The summed E-state index contributed by atoms with van der Waals surface area (Å²) in [5.41, 5.74) is 14.2. The normalized spacial score (nSPS) is 12.1. The van der Waals surface area contributed by atoms with Crippen LogP contribution in [0.4, 0.5) is 0 Å². The number of rotatable bonds is 10. The van der Waals surface area contributed by atoms with E-state index >= 15 is 0 Å². The van der Waals surface area contributed by atoms with Crippen molar-refractivity contribution in [1.29, 1.82) is 0 Å². The summed E-state index contributed by atoms with van der Waals surface area (Å²) in [7, 11) is 0. The molecule has 0 aliphatic rings. The molecule has 0 aliphatic carbocycles. The summed E-state index contributed by atoms with van der Waals surface area (Å²) >= 11 is 0. The van der Waals surface area contributed by atoms with Crippen LogP contribution in [0, 0.1) is 0 Å². The topological polar surface area (TPSA) is 72.3 Å². The van der Waals surface area contributed by atoms with Crippen LogP contribution < -0.4 is 11.5 Å². The van der Waals surface area contributed by atoms with Crippen LogP contribution in [0.1, 0.15) is 30.4 Å². The number of benzene rings is 3. The molecule has 4 heteroatoms. The van der Waals surface area contributed by atoms with Gasteiger partial charge in [-0.1, -0.05) is 79.2 Å². The van der Waals surface area contributed by atoms with E-state index in [2.05, 4.69) is 42.5 Å². The van der Waals surface area contributed by atoms with Gasteiger partial charge in [0.05, 0.1) is 6.04 Å². The first kappa shape index (κ1) is 21.0. The van der Waals surface area contributed by atoms with E-state index in [-0.39, 0.29) is 5.91 Å². The van der Waals surface area contributed by atoms with Crippen molar-refractivity contribution in [2.45, 2.75) is 38.3 Å². The highest BCUT2D eigenvalue weighted by Gasteiger charge is 2.21. The molecule has 0 fully saturated rings. The number of hydrogen-bond acceptors (Lipinski definition) is 3. The number of unbranched alkanes of at least 4 members (excludes halogenated alkanes) is 2. The Morgan fingerprint density at radius 3 is 2.31 bits per heavy atom. The van der Waals surface area contributed by atoms with Crippen LogP contribution >= 0.6 is 0 Å². The smallest absolute Gasteiger partial charge is 0.240 e. The average molecular weight is 390 g/mol. The molecule has 3 aromatic rings. The van der Waals surface area contributed by atoms with E-state index in [1.807, 2.05) is 35.2 Å². The summed E-state index contributed by atoms with van der Waals surface area (Å²) in [5.74, 6) is 0.00904. The summed E-state index contributed by atoms with van der Waals surface area (Å²) in [4.78, 5) is 15.1. The van der Waals surface area contributed by atoms with Crippen molar-refractivity contribution in [3.05, 3.63) is 83.9 Å². The molecule has 29 heavy (non-hydrogen) atoms. The molecule has 1 atom stereocenters. The van der Waals surface area contributed by atoms with Crippen LogP contribution in [-0.2, 0) is 17.8 Å². The van der Waals surface area contributed by atoms with Gasteiger partial charge in [-0.15, -0.1) is 0 Å². The molecule has 152 valence electrons. The largest absolute Gasteiger partial charge is 0.337 e. The molecule has 1 amide bonds. The Kier molecular flexibility index (Phi) is 7.79. The van der Waals surface area contributed by atoms with Crippen molar-refractivity contribution in [3.63, 3.8) is 0 Å². The van der Waals surface area contributed by atoms with Crippen LogP contribution in [0.15, 0.2) is 72.8 Å². The lowest BCUT2D eigenvalue weighted by atomic mass is 10.0. The third kappa shape index (κ3) is 6.14. The zero-order chi connectivity index (χ0) is 20.5. The minimum Gasteiger partial charge on any atom is -0.337 e. The first-order chi connectivity index (χ1) is 14.2. The summed E-state index contributed by atoms with van der Waals surface area (Å²) in [6, 6.07) is 24.1. The lowest BCUT2D eigenvalue weighted by Gasteiger charge is -2.26. The molecule has 0 unspecified atom stereocenters. The molecular weight excluding hydrogens is 358 g/mol. The van der Waals surface area contributed by atoms with Gasteiger partial charge < -0.3 is 16.4 Å². The first-order valence-electron chi connectivity index (χ1n) is 10.4. The van der Waals surface area contributed by atoms with E-state index in [9.17, 15) is 4.79 Å². The van der Waals surface area contributed by atoms with Crippen LogP contribution in [0.5, 0.6) is 0 Å². The minimum atomic E-state index is -0.547. The van der Waals surface area contributed by atoms with Crippen LogP contribution in [-0.4, -0.2) is 29.9 Å². The lowest BCUT2D eigenvalue weighted by Crippen LogP contribution is -2.45. The van der Waals surface area contributed by atoms with Crippen LogP contribution in [0.25, 0.3) is 10.8 Å². The Bertz CT molecular complexity index is 910. The molecule has 4 N–H and O–H groups in total. The third-order valence-electron chi connectivity index (χ3n) is 5.25. The number of carbonyl (C=O) groups excluding carboxylic acids is 1. The average Bonchev–Trinajstić information content (AvgIpc) is 2.76. The molecule has 0 aliphatic heterocycles. The summed E-state index contributed by atoms with van der Waals surface area (Å²) in [5, 5.41) is 2.37. The molecule has 3 aromatic carbocycles. The maximum absolute atomic E-state index is 13.2. The molecule has 0 bridgehead atoms. The molecule has 3 rings (SSSR count). The van der Waals surface area contributed by atoms with Gasteiger partial charge in [-0.3, -0.25) is 4.79 Å². The quantitative estimate of drug-likeness (QED) is 0.517. The second-order valence-corrected chi connectivity index (χ2v) is 7.59.